The summed E-state index contributed by atoms with van der Waals surface area (Å²) in [5.74, 6) is -1.69. The largest absolute Gasteiger partial charge is 0.399 e. The second-order valence-electron chi connectivity index (χ2n) is 3.64. The summed E-state index contributed by atoms with van der Waals surface area (Å²) in [5, 5.41) is 9.13. The molecule has 0 spiro atoms. The molecule has 1 atom stereocenters. The molecule has 7 heteroatoms. The Balaban J connectivity index is 2.92. The average molecular weight is 258 g/mol. The highest BCUT2D eigenvalue weighted by Crippen LogP contribution is 2.17. The zero-order valence-corrected chi connectivity index (χ0v) is 10.1. The second-order valence-corrected chi connectivity index (χ2v) is 5.39. The number of rotatable bonds is 4. The summed E-state index contributed by atoms with van der Waals surface area (Å²) in [6, 6.07) is 6.29. The van der Waals surface area contributed by atoms with Gasteiger partial charge >= 0.3 is 0 Å². The summed E-state index contributed by atoms with van der Waals surface area (Å²) in [7, 11) is -3.63. The van der Waals surface area contributed by atoms with Crippen LogP contribution < -0.4 is 10.5 Å². The number of hydrogen-bond acceptors (Lipinski definition) is 5. The fourth-order valence-electron chi connectivity index (χ4n) is 1.32. The van der Waals surface area contributed by atoms with Crippen molar-refractivity contribution in [2.24, 2.45) is 0 Å². The predicted molar refractivity (Wildman–Crippen MR) is 63.7 cm³/mol. The van der Waals surface area contributed by atoms with E-state index in [9.17, 15) is 13.2 Å². The van der Waals surface area contributed by atoms with Crippen molar-refractivity contribution < 1.29 is 18.3 Å². The molecule has 0 heterocycles. The van der Waals surface area contributed by atoms with Crippen molar-refractivity contribution in [2.45, 2.75) is 5.92 Å². The van der Waals surface area contributed by atoms with Crippen LogP contribution in [0.1, 0.15) is 11.5 Å². The molecule has 0 bridgehead atoms. The number of carbonyl (C=O) groups excluding carboxylic acids is 1. The van der Waals surface area contributed by atoms with Crippen LogP contribution in [0.15, 0.2) is 24.3 Å². The number of nitrogen functional groups attached to an aromatic ring is 1. The maximum atomic E-state index is 11.6. The number of benzene rings is 1. The zero-order valence-electron chi connectivity index (χ0n) is 9.25. The third kappa shape index (κ3) is 4.04. The normalized spacial score (nSPS) is 13.1. The van der Waals surface area contributed by atoms with Gasteiger partial charge in [-0.25, -0.2) is 8.42 Å². The maximum absolute atomic E-state index is 11.6. The summed E-state index contributed by atoms with van der Waals surface area (Å²) in [4.78, 5) is 11.6. The van der Waals surface area contributed by atoms with Crippen LogP contribution in [-0.2, 0) is 14.8 Å². The smallest absolute Gasteiger partial charge is 0.243 e. The number of sulfonamides is 1. The van der Waals surface area contributed by atoms with Gasteiger partial charge in [-0.1, -0.05) is 12.1 Å². The van der Waals surface area contributed by atoms with E-state index in [-0.39, 0.29) is 0 Å². The molecule has 4 N–H and O–H groups in total. The van der Waals surface area contributed by atoms with Crippen molar-refractivity contribution in [1.29, 1.82) is 0 Å². The number of anilines is 1. The van der Waals surface area contributed by atoms with Gasteiger partial charge < -0.3 is 10.8 Å². The molecule has 0 aliphatic rings. The average Bonchev–Trinajstić information content (AvgIpc) is 2.19. The van der Waals surface area contributed by atoms with Crippen LogP contribution in [0.2, 0.25) is 0 Å². The fourth-order valence-corrected chi connectivity index (χ4v) is 1.83. The summed E-state index contributed by atoms with van der Waals surface area (Å²) in [6.07, 6.45) is 0.877. The number of nitrogens with one attached hydrogen (secondary N) is 1. The van der Waals surface area contributed by atoms with Gasteiger partial charge in [-0.2, -0.15) is 0 Å². The molecular weight excluding hydrogens is 244 g/mol. The molecule has 1 amide bonds. The molecule has 0 aromatic heterocycles. The zero-order chi connectivity index (χ0) is 13.1. The second kappa shape index (κ2) is 5.15. The molecule has 6 nitrogen and oxygen atoms in total. The molecule has 1 unspecified atom stereocenters. The fraction of sp³-hybridized carbons (Fsp3) is 0.300. The van der Waals surface area contributed by atoms with Crippen LogP contribution in [0.5, 0.6) is 0 Å². The van der Waals surface area contributed by atoms with E-state index < -0.39 is 28.5 Å². The van der Waals surface area contributed by atoms with Crippen LogP contribution in [-0.4, -0.2) is 32.3 Å². The van der Waals surface area contributed by atoms with Crippen molar-refractivity contribution in [3.63, 3.8) is 0 Å². The first-order chi connectivity index (χ1) is 7.83. The van der Waals surface area contributed by atoms with Gasteiger partial charge in [0.05, 0.1) is 18.8 Å². The van der Waals surface area contributed by atoms with E-state index in [1.165, 1.54) is 0 Å². The van der Waals surface area contributed by atoms with Gasteiger partial charge in [-0.05, 0) is 17.7 Å². The van der Waals surface area contributed by atoms with Crippen LogP contribution in [0, 0.1) is 0 Å². The van der Waals surface area contributed by atoms with Crippen molar-refractivity contribution in [2.75, 3.05) is 18.6 Å². The maximum Gasteiger partial charge on any atom is 0.243 e. The molecule has 0 aliphatic heterocycles. The summed E-state index contributed by atoms with van der Waals surface area (Å²) >= 11 is 0. The van der Waals surface area contributed by atoms with Gasteiger partial charge in [0.25, 0.3) is 0 Å². The SMILES string of the molecule is CS(=O)(=O)NC(=O)C(CO)c1ccc(N)cc1. The van der Waals surface area contributed by atoms with Crippen molar-refractivity contribution in [3.8, 4) is 0 Å². The van der Waals surface area contributed by atoms with E-state index in [0.29, 0.717) is 11.3 Å². The highest BCUT2D eigenvalue weighted by atomic mass is 32.2. The van der Waals surface area contributed by atoms with E-state index in [4.69, 9.17) is 10.8 Å². The minimum atomic E-state index is -3.63. The molecule has 0 fully saturated rings. The quantitative estimate of drug-likeness (QED) is 0.626. The number of amides is 1. The van der Waals surface area contributed by atoms with Gasteiger partial charge in [0, 0.05) is 5.69 Å². The lowest BCUT2D eigenvalue weighted by Gasteiger charge is -2.13. The lowest BCUT2D eigenvalue weighted by Crippen LogP contribution is -2.35. The Hall–Kier alpha value is -1.60. The molecule has 0 saturated heterocycles. The summed E-state index contributed by atoms with van der Waals surface area (Å²) in [5.41, 5.74) is 6.51. The Labute approximate surface area is 99.5 Å². The Kier molecular flexibility index (Phi) is 4.08. The van der Waals surface area contributed by atoms with Crippen LogP contribution in [0.3, 0.4) is 0 Å². The van der Waals surface area contributed by atoms with Crippen molar-refractivity contribution in [1.82, 2.24) is 4.72 Å². The highest BCUT2D eigenvalue weighted by Gasteiger charge is 2.22. The van der Waals surface area contributed by atoms with Gasteiger partial charge in [-0.15, -0.1) is 0 Å². The lowest BCUT2D eigenvalue weighted by atomic mass is 9.99. The van der Waals surface area contributed by atoms with E-state index in [2.05, 4.69) is 0 Å². The molecule has 94 valence electrons. The Morgan fingerprint density at radius 2 is 1.94 bits per heavy atom. The molecule has 1 aromatic carbocycles. The van der Waals surface area contributed by atoms with Crippen molar-refractivity contribution in [3.05, 3.63) is 29.8 Å². The summed E-state index contributed by atoms with van der Waals surface area (Å²) in [6.45, 7) is -0.481. The molecule has 0 saturated carbocycles. The lowest BCUT2D eigenvalue weighted by molar-refractivity contribution is -0.121. The Morgan fingerprint density at radius 3 is 2.35 bits per heavy atom. The first kappa shape index (κ1) is 13.5. The van der Waals surface area contributed by atoms with E-state index >= 15 is 0 Å². The third-order valence-corrected chi connectivity index (χ3v) is 2.70. The Morgan fingerprint density at radius 1 is 1.41 bits per heavy atom. The topological polar surface area (TPSA) is 109 Å². The van der Waals surface area contributed by atoms with Gasteiger partial charge in [0.1, 0.15) is 0 Å². The number of aliphatic hydroxyl groups is 1. The minimum absolute atomic E-state index is 0.481. The van der Waals surface area contributed by atoms with Crippen molar-refractivity contribution >= 4 is 21.6 Å². The van der Waals surface area contributed by atoms with E-state index in [1.807, 2.05) is 4.72 Å². The molecular formula is C10H14N2O4S. The predicted octanol–water partition coefficient (Wildman–Crippen LogP) is -0.579. The first-order valence-corrected chi connectivity index (χ1v) is 6.70. The van der Waals surface area contributed by atoms with Gasteiger partial charge in [0.2, 0.25) is 15.9 Å². The van der Waals surface area contributed by atoms with Crippen LogP contribution >= 0.6 is 0 Å². The summed E-state index contributed by atoms with van der Waals surface area (Å²) < 4.78 is 23.7. The number of nitrogens with two attached hydrogens (primary N) is 1. The van der Waals surface area contributed by atoms with E-state index in [0.717, 1.165) is 6.26 Å². The molecule has 0 radical (unpaired) electrons. The molecule has 1 aromatic rings. The number of aliphatic hydroxyl groups excluding tert-OH is 1. The number of carbonyl (C=O) groups is 1. The minimum Gasteiger partial charge on any atom is -0.399 e. The third-order valence-electron chi connectivity index (χ3n) is 2.12. The van der Waals surface area contributed by atoms with Gasteiger partial charge in [-0.3, -0.25) is 9.52 Å². The van der Waals surface area contributed by atoms with E-state index in [1.54, 1.807) is 24.3 Å². The first-order valence-electron chi connectivity index (χ1n) is 4.81. The molecule has 1 rings (SSSR count). The Bertz CT molecular complexity index is 496. The standard InChI is InChI=1S/C10H14N2O4S/c1-17(15,16)12-10(14)9(6-13)7-2-4-8(11)5-3-7/h2-5,9,13H,6,11H2,1H3,(H,12,14). The van der Waals surface area contributed by atoms with Gasteiger partial charge in [0.15, 0.2) is 0 Å². The molecule has 0 aliphatic carbocycles. The molecule has 17 heavy (non-hydrogen) atoms. The number of hydrogen-bond donors (Lipinski definition) is 3. The monoisotopic (exact) mass is 258 g/mol. The highest BCUT2D eigenvalue weighted by molar-refractivity contribution is 7.89. The van der Waals surface area contributed by atoms with Crippen LogP contribution in [0.4, 0.5) is 5.69 Å². The van der Waals surface area contributed by atoms with Crippen LogP contribution in [0.25, 0.3) is 0 Å².